The first-order valence-electron chi connectivity index (χ1n) is 10.0. The van der Waals surface area contributed by atoms with E-state index < -0.39 is 0 Å². The van der Waals surface area contributed by atoms with Gasteiger partial charge in [0.15, 0.2) is 5.82 Å². The molecule has 150 valence electrons. The Morgan fingerprint density at radius 1 is 1.07 bits per heavy atom. The average Bonchev–Trinajstić information content (AvgIpc) is 3.08. The Balaban J connectivity index is 1.42. The molecule has 7 heteroatoms. The first-order valence-corrected chi connectivity index (χ1v) is 10.0. The minimum absolute atomic E-state index is 0.115. The summed E-state index contributed by atoms with van der Waals surface area (Å²) < 4.78 is 7.62. The number of ether oxygens (including phenoxy) is 1. The molecule has 29 heavy (non-hydrogen) atoms. The predicted octanol–water partition coefficient (Wildman–Crippen LogP) is 4.59. The monoisotopic (exact) mass is 391 g/mol. The maximum Gasteiger partial charge on any atom is 0.227 e. The number of aromatic nitrogens is 4. The summed E-state index contributed by atoms with van der Waals surface area (Å²) in [6.45, 7) is 3.92. The molecular weight excluding hydrogens is 366 g/mol. The van der Waals surface area contributed by atoms with Crippen LogP contribution >= 0.6 is 0 Å². The summed E-state index contributed by atoms with van der Waals surface area (Å²) in [4.78, 5) is 20.8. The normalized spacial score (nSPS) is 14.6. The summed E-state index contributed by atoms with van der Waals surface area (Å²) in [6.07, 6.45) is 6.95. The van der Waals surface area contributed by atoms with Crippen molar-refractivity contribution in [1.29, 1.82) is 0 Å². The Bertz CT molecular complexity index is 991. The molecule has 7 nitrogen and oxygen atoms in total. The van der Waals surface area contributed by atoms with Crippen LogP contribution in [0.15, 0.2) is 42.7 Å². The number of benzene rings is 1. The first-order chi connectivity index (χ1) is 14.1. The van der Waals surface area contributed by atoms with Gasteiger partial charge in [0, 0.05) is 23.4 Å². The Morgan fingerprint density at radius 3 is 2.52 bits per heavy atom. The van der Waals surface area contributed by atoms with Crippen molar-refractivity contribution in [2.75, 3.05) is 5.32 Å². The van der Waals surface area contributed by atoms with Crippen LogP contribution < -0.4 is 10.1 Å². The highest BCUT2D eigenvalue weighted by atomic mass is 16.5. The van der Waals surface area contributed by atoms with Gasteiger partial charge in [-0.2, -0.15) is 5.10 Å². The van der Waals surface area contributed by atoms with E-state index in [0.29, 0.717) is 17.4 Å². The van der Waals surface area contributed by atoms with Gasteiger partial charge in [-0.05, 0) is 57.0 Å². The van der Waals surface area contributed by atoms with Crippen molar-refractivity contribution in [1.82, 2.24) is 19.7 Å². The molecule has 1 aliphatic carbocycles. The van der Waals surface area contributed by atoms with E-state index in [2.05, 4.69) is 20.4 Å². The molecule has 0 bridgehead atoms. The van der Waals surface area contributed by atoms with Gasteiger partial charge in [-0.3, -0.25) is 4.79 Å². The second-order valence-electron chi connectivity index (χ2n) is 7.50. The number of amides is 1. The van der Waals surface area contributed by atoms with E-state index in [9.17, 15) is 4.79 Å². The van der Waals surface area contributed by atoms with Crippen molar-refractivity contribution in [3.05, 3.63) is 54.1 Å². The maximum absolute atomic E-state index is 12.4. The summed E-state index contributed by atoms with van der Waals surface area (Å²) in [6, 6.07) is 11.1. The third kappa shape index (κ3) is 4.62. The van der Waals surface area contributed by atoms with Crippen molar-refractivity contribution in [3.63, 3.8) is 0 Å². The Morgan fingerprint density at radius 2 is 1.83 bits per heavy atom. The van der Waals surface area contributed by atoms with Crippen LogP contribution in [0.3, 0.4) is 0 Å². The summed E-state index contributed by atoms with van der Waals surface area (Å²) in [5.74, 6) is 1.97. The van der Waals surface area contributed by atoms with Gasteiger partial charge in [0.25, 0.3) is 0 Å². The van der Waals surface area contributed by atoms with Crippen molar-refractivity contribution in [2.24, 2.45) is 5.92 Å². The molecule has 0 saturated heterocycles. The van der Waals surface area contributed by atoms with Crippen LogP contribution in [0.1, 0.15) is 43.5 Å². The number of carbonyl (C=O) groups excluding carboxylic acids is 1. The zero-order chi connectivity index (χ0) is 20.2. The van der Waals surface area contributed by atoms with E-state index in [1.165, 1.54) is 12.7 Å². The standard InChI is InChI=1S/C22H25N5O2/c1-15-12-16(2)27(26-15)20-13-21(24-14-23-20)29-19-10-8-18(9-11-19)25-22(28)17-6-4-3-5-7-17/h8-14,17H,3-7H2,1-2H3,(H,25,28). The quantitative estimate of drug-likeness (QED) is 0.688. The molecule has 1 aliphatic rings. The molecule has 1 fully saturated rings. The summed E-state index contributed by atoms with van der Waals surface area (Å²) in [5, 5.41) is 7.45. The third-order valence-corrected chi connectivity index (χ3v) is 5.17. The number of nitrogens with zero attached hydrogens (tertiary/aromatic N) is 4. The topological polar surface area (TPSA) is 81.9 Å². The van der Waals surface area contributed by atoms with Gasteiger partial charge in [0.05, 0.1) is 5.69 Å². The molecule has 0 atom stereocenters. The fourth-order valence-electron chi connectivity index (χ4n) is 3.70. The fraction of sp³-hybridized carbons (Fsp3) is 0.364. The highest BCUT2D eigenvalue weighted by Crippen LogP contribution is 2.26. The van der Waals surface area contributed by atoms with E-state index in [-0.39, 0.29) is 11.8 Å². The minimum Gasteiger partial charge on any atom is -0.439 e. The number of nitrogens with one attached hydrogen (secondary N) is 1. The number of hydrogen-bond donors (Lipinski definition) is 1. The number of hydrogen-bond acceptors (Lipinski definition) is 5. The van der Waals surface area contributed by atoms with E-state index in [1.807, 2.05) is 44.2 Å². The molecule has 1 aromatic carbocycles. The Hall–Kier alpha value is -3.22. The van der Waals surface area contributed by atoms with Crippen molar-refractivity contribution >= 4 is 11.6 Å². The summed E-state index contributed by atoms with van der Waals surface area (Å²) >= 11 is 0. The average molecular weight is 391 g/mol. The highest BCUT2D eigenvalue weighted by Gasteiger charge is 2.21. The second-order valence-corrected chi connectivity index (χ2v) is 7.50. The number of anilines is 1. The molecule has 0 unspecified atom stereocenters. The molecule has 0 aliphatic heterocycles. The molecular formula is C22H25N5O2. The van der Waals surface area contributed by atoms with Gasteiger partial charge in [-0.1, -0.05) is 19.3 Å². The lowest BCUT2D eigenvalue weighted by Crippen LogP contribution is -2.24. The van der Waals surface area contributed by atoms with Crippen LogP contribution in [0.5, 0.6) is 11.6 Å². The molecule has 0 radical (unpaired) electrons. The van der Waals surface area contributed by atoms with E-state index in [4.69, 9.17) is 4.74 Å². The van der Waals surface area contributed by atoms with Gasteiger partial charge in [-0.25, -0.2) is 14.6 Å². The van der Waals surface area contributed by atoms with Crippen molar-refractivity contribution in [3.8, 4) is 17.4 Å². The van der Waals surface area contributed by atoms with Crippen LogP contribution in [0.25, 0.3) is 5.82 Å². The van der Waals surface area contributed by atoms with Crippen molar-refractivity contribution < 1.29 is 9.53 Å². The zero-order valence-corrected chi connectivity index (χ0v) is 16.8. The van der Waals surface area contributed by atoms with Crippen molar-refractivity contribution in [2.45, 2.75) is 46.0 Å². The molecule has 1 amide bonds. The zero-order valence-electron chi connectivity index (χ0n) is 16.8. The van der Waals surface area contributed by atoms with Crippen LogP contribution in [0.4, 0.5) is 5.69 Å². The van der Waals surface area contributed by atoms with Gasteiger partial charge in [0.2, 0.25) is 11.8 Å². The van der Waals surface area contributed by atoms with Crippen LogP contribution in [0, 0.1) is 19.8 Å². The lowest BCUT2D eigenvalue weighted by Gasteiger charge is -2.20. The summed E-state index contributed by atoms with van der Waals surface area (Å²) in [5.41, 5.74) is 2.69. The molecule has 4 rings (SSSR count). The number of carbonyl (C=O) groups is 1. The predicted molar refractivity (Wildman–Crippen MR) is 110 cm³/mol. The van der Waals surface area contributed by atoms with Gasteiger partial charge >= 0.3 is 0 Å². The van der Waals surface area contributed by atoms with E-state index in [0.717, 1.165) is 42.8 Å². The van der Waals surface area contributed by atoms with Gasteiger partial charge in [0.1, 0.15) is 12.1 Å². The lowest BCUT2D eigenvalue weighted by atomic mass is 9.88. The first kappa shape index (κ1) is 19.1. The third-order valence-electron chi connectivity index (χ3n) is 5.17. The molecule has 0 spiro atoms. The van der Waals surface area contributed by atoms with Gasteiger partial charge in [-0.15, -0.1) is 0 Å². The summed E-state index contributed by atoms with van der Waals surface area (Å²) in [7, 11) is 0. The number of aryl methyl sites for hydroxylation is 2. The lowest BCUT2D eigenvalue weighted by molar-refractivity contribution is -0.120. The molecule has 2 aromatic heterocycles. The molecule has 3 aromatic rings. The Kier molecular flexibility index (Phi) is 5.55. The fourth-order valence-corrected chi connectivity index (χ4v) is 3.70. The van der Waals surface area contributed by atoms with Crippen LogP contribution in [-0.2, 0) is 4.79 Å². The van der Waals surface area contributed by atoms with Crippen LogP contribution in [0.2, 0.25) is 0 Å². The van der Waals surface area contributed by atoms with Gasteiger partial charge < -0.3 is 10.1 Å². The maximum atomic E-state index is 12.4. The van der Waals surface area contributed by atoms with Crippen LogP contribution in [-0.4, -0.2) is 25.7 Å². The van der Waals surface area contributed by atoms with E-state index in [1.54, 1.807) is 10.7 Å². The minimum atomic E-state index is 0.115. The smallest absolute Gasteiger partial charge is 0.227 e. The molecule has 2 heterocycles. The molecule has 1 N–H and O–H groups in total. The number of rotatable bonds is 5. The highest BCUT2D eigenvalue weighted by molar-refractivity contribution is 5.92. The SMILES string of the molecule is Cc1cc(C)n(-c2cc(Oc3ccc(NC(=O)C4CCCCC4)cc3)ncn2)n1. The molecule has 1 saturated carbocycles. The Labute approximate surface area is 170 Å². The second kappa shape index (κ2) is 8.43. The largest absolute Gasteiger partial charge is 0.439 e. The van der Waals surface area contributed by atoms with E-state index >= 15 is 0 Å².